The Morgan fingerprint density at radius 1 is 1.42 bits per heavy atom. The largest absolute Gasteiger partial charge is 0.389 e. The molecule has 0 fully saturated rings. The van der Waals surface area contributed by atoms with Gasteiger partial charge in [-0.1, -0.05) is 18.5 Å². The number of nitrogens with zero attached hydrogens (tertiary/aromatic N) is 2. The van der Waals surface area contributed by atoms with Crippen molar-refractivity contribution in [3.8, 4) is 0 Å². The third kappa shape index (κ3) is 4.69. The summed E-state index contributed by atoms with van der Waals surface area (Å²) < 4.78 is 38.4. The lowest BCUT2D eigenvalue weighted by Gasteiger charge is -2.17. The molecular formula is C12H19ClF3N3. The monoisotopic (exact) mass is 297 g/mol. The fourth-order valence-electron chi connectivity index (χ4n) is 1.96. The molecule has 0 aliphatic rings. The van der Waals surface area contributed by atoms with Gasteiger partial charge in [0.25, 0.3) is 0 Å². The van der Waals surface area contributed by atoms with Crippen molar-refractivity contribution in [2.24, 2.45) is 7.05 Å². The zero-order chi connectivity index (χ0) is 14.6. The number of halogens is 4. The first kappa shape index (κ1) is 16.3. The van der Waals surface area contributed by atoms with Gasteiger partial charge in [-0.15, -0.1) is 0 Å². The molecule has 110 valence electrons. The van der Waals surface area contributed by atoms with Crippen LogP contribution in [0.25, 0.3) is 0 Å². The van der Waals surface area contributed by atoms with Crippen LogP contribution >= 0.6 is 11.6 Å². The Bertz CT molecular complexity index is 415. The van der Waals surface area contributed by atoms with Crippen molar-refractivity contribution in [3.05, 3.63) is 16.4 Å². The molecule has 0 aliphatic carbocycles. The number of nitrogens with one attached hydrogen (secondary N) is 1. The first-order valence-corrected chi connectivity index (χ1v) is 6.60. The average molecular weight is 298 g/mol. The molecule has 0 radical (unpaired) electrons. The van der Waals surface area contributed by atoms with Crippen molar-refractivity contribution in [2.75, 3.05) is 7.05 Å². The smallest absolute Gasteiger partial charge is 0.317 e. The lowest BCUT2D eigenvalue weighted by Crippen LogP contribution is -2.30. The highest BCUT2D eigenvalue weighted by Crippen LogP contribution is 2.26. The lowest BCUT2D eigenvalue weighted by molar-refractivity contribution is -0.136. The van der Waals surface area contributed by atoms with Crippen molar-refractivity contribution in [1.29, 1.82) is 0 Å². The number of hydrogen-bond donors (Lipinski definition) is 1. The Balaban J connectivity index is 2.73. The second-order valence-electron chi connectivity index (χ2n) is 4.53. The van der Waals surface area contributed by atoms with Crippen LogP contribution in [0.1, 0.15) is 31.2 Å². The molecule has 1 atom stereocenters. The van der Waals surface area contributed by atoms with Crippen LogP contribution in [-0.2, 0) is 19.9 Å². The molecule has 19 heavy (non-hydrogen) atoms. The van der Waals surface area contributed by atoms with Crippen LogP contribution in [0.5, 0.6) is 0 Å². The van der Waals surface area contributed by atoms with E-state index in [0.29, 0.717) is 17.9 Å². The molecule has 1 unspecified atom stereocenters. The van der Waals surface area contributed by atoms with E-state index in [2.05, 4.69) is 10.4 Å². The second-order valence-corrected chi connectivity index (χ2v) is 4.91. The average Bonchev–Trinajstić information content (AvgIpc) is 2.59. The van der Waals surface area contributed by atoms with Gasteiger partial charge in [0.15, 0.2) is 0 Å². The van der Waals surface area contributed by atoms with Gasteiger partial charge in [-0.05, 0) is 19.9 Å². The van der Waals surface area contributed by atoms with Crippen LogP contribution in [0.15, 0.2) is 0 Å². The molecule has 1 rings (SSSR count). The Morgan fingerprint density at radius 2 is 2.05 bits per heavy atom. The zero-order valence-corrected chi connectivity index (χ0v) is 12.1. The van der Waals surface area contributed by atoms with Crippen LogP contribution in [0.3, 0.4) is 0 Å². The molecule has 0 saturated heterocycles. The van der Waals surface area contributed by atoms with Gasteiger partial charge in [-0.25, -0.2) is 0 Å². The maximum atomic E-state index is 12.2. The molecule has 0 spiro atoms. The van der Waals surface area contributed by atoms with Gasteiger partial charge in [0.2, 0.25) is 0 Å². The summed E-state index contributed by atoms with van der Waals surface area (Å²) in [6.45, 7) is 1.94. The van der Waals surface area contributed by atoms with Gasteiger partial charge in [-0.3, -0.25) is 4.68 Å². The van der Waals surface area contributed by atoms with E-state index >= 15 is 0 Å². The van der Waals surface area contributed by atoms with Gasteiger partial charge in [0, 0.05) is 25.9 Å². The van der Waals surface area contributed by atoms with Crippen LogP contribution in [0, 0.1) is 0 Å². The SMILES string of the molecule is CCc1nn(C)c(CC(CCC(F)(F)F)NC)c1Cl. The third-order valence-electron chi connectivity index (χ3n) is 3.13. The normalized spacial score (nSPS) is 13.8. The predicted octanol–water partition coefficient (Wildman–Crippen LogP) is 3.11. The summed E-state index contributed by atoms with van der Waals surface area (Å²) >= 11 is 6.19. The standard InChI is InChI=1S/C12H19ClF3N3/c1-4-9-11(13)10(19(3)18-9)7-8(17-2)5-6-12(14,15)16/h8,17H,4-7H2,1-3H3. The van der Waals surface area contributed by atoms with E-state index in [-0.39, 0.29) is 12.5 Å². The van der Waals surface area contributed by atoms with Gasteiger partial charge in [0.1, 0.15) is 0 Å². The topological polar surface area (TPSA) is 29.9 Å². The Morgan fingerprint density at radius 3 is 2.47 bits per heavy atom. The number of hydrogen-bond acceptors (Lipinski definition) is 2. The molecule has 1 aromatic rings. The van der Waals surface area contributed by atoms with Crippen LogP contribution in [-0.4, -0.2) is 29.0 Å². The van der Waals surface area contributed by atoms with Gasteiger partial charge >= 0.3 is 6.18 Å². The minimum atomic E-state index is -4.13. The second kappa shape index (κ2) is 6.61. The highest BCUT2D eigenvalue weighted by molar-refractivity contribution is 6.31. The van der Waals surface area contributed by atoms with E-state index in [1.807, 2.05) is 6.92 Å². The molecule has 0 bridgehead atoms. The fraction of sp³-hybridized carbons (Fsp3) is 0.750. The highest BCUT2D eigenvalue weighted by Gasteiger charge is 2.28. The lowest BCUT2D eigenvalue weighted by atomic mass is 10.1. The van der Waals surface area contributed by atoms with E-state index in [1.165, 1.54) is 0 Å². The van der Waals surface area contributed by atoms with Gasteiger partial charge in [0.05, 0.1) is 16.4 Å². The minimum absolute atomic E-state index is 0.0307. The summed E-state index contributed by atoms with van der Waals surface area (Å²) in [6.07, 6.45) is -3.74. The number of likely N-dealkylation sites (N-methyl/N-ethyl adjacent to an activating group) is 1. The summed E-state index contributed by atoms with van der Waals surface area (Å²) in [7, 11) is 3.42. The van der Waals surface area contributed by atoms with Crippen LogP contribution in [0.4, 0.5) is 13.2 Å². The molecule has 1 aromatic heterocycles. The molecule has 0 aliphatic heterocycles. The summed E-state index contributed by atoms with van der Waals surface area (Å²) in [5, 5.41) is 7.73. The number of aryl methyl sites for hydroxylation is 2. The van der Waals surface area contributed by atoms with Crippen LogP contribution in [0.2, 0.25) is 5.02 Å². The molecule has 1 heterocycles. The third-order valence-corrected chi connectivity index (χ3v) is 3.56. The quantitative estimate of drug-likeness (QED) is 0.874. The van der Waals surface area contributed by atoms with Gasteiger partial charge < -0.3 is 5.32 Å². The van der Waals surface area contributed by atoms with Crippen molar-refractivity contribution >= 4 is 11.6 Å². The minimum Gasteiger partial charge on any atom is -0.317 e. The molecule has 0 saturated carbocycles. The van der Waals surface area contributed by atoms with Crippen molar-refractivity contribution < 1.29 is 13.2 Å². The first-order chi connectivity index (χ1) is 8.78. The maximum absolute atomic E-state index is 12.2. The summed E-state index contributed by atoms with van der Waals surface area (Å²) in [5.41, 5.74) is 1.56. The van der Waals surface area contributed by atoms with E-state index in [9.17, 15) is 13.2 Å². The van der Waals surface area contributed by atoms with E-state index in [0.717, 1.165) is 11.4 Å². The molecule has 1 N–H and O–H groups in total. The van der Waals surface area contributed by atoms with Crippen molar-refractivity contribution in [2.45, 2.75) is 44.8 Å². The first-order valence-electron chi connectivity index (χ1n) is 6.22. The number of rotatable bonds is 6. The van der Waals surface area contributed by atoms with Crippen molar-refractivity contribution in [1.82, 2.24) is 15.1 Å². The maximum Gasteiger partial charge on any atom is 0.389 e. The molecular weight excluding hydrogens is 279 g/mol. The summed E-state index contributed by atoms with van der Waals surface area (Å²) in [4.78, 5) is 0. The highest BCUT2D eigenvalue weighted by atomic mass is 35.5. The van der Waals surface area contributed by atoms with E-state index in [1.54, 1.807) is 18.8 Å². The zero-order valence-electron chi connectivity index (χ0n) is 11.3. The number of aromatic nitrogens is 2. The molecule has 3 nitrogen and oxygen atoms in total. The number of alkyl halides is 3. The van der Waals surface area contributed by atoms with Gasteiger partial charge in [-0.2, -0.15) is 18.3 Å². The fourth-order valence-corrected chi connectivity index (χ4v) is 2.33. The van der Waals surface area contributed by atoms with Crippen LogP contribution < -0.4 is 5.32 Å². The van der Waals surface area contributed by atoms with E-state index < -0.39 is 12.6 Å². The summed E-state index contributed by atoms with van der Waals surface area (Å²) in [5.74, 6) is 0. The van der Waals surface area contributed by atoms with Crippen molar-refractivity contribution in [3.63, 3.8) is 0 Å². The Labute approximate surface area is 116 Å². The summed E-state index contributed by atoms with van der Waals surface area (Å²) in [6, 6.07) is -0.265. The Kier molecular flexibility index (Phi) is 5.67. The Hall–Kier alpha value is -0.750. The van der Waals surface area contributed by atoms with E-state index in [4.69, 9.17) is 11.6 Å². The molecule has 0 aromatic carbocycles. The molecule has 7 heteroatoms. The molecule has 0 amide bonds. The predicted molar refractivity (Wildman–Crippen MR) is 69.4 cm³/mol.